The number of imidazole rings is 1. The quantitative estimate of drug-likeness (QED) is 0.817. The average Bonchev–Trinajstić information content (AvgIpc) is 2.60. The number of carboxylic acid groups (broad SMARTS) is 1. The van der Waals surface area contributed by atoms with Crippen molar-refractivity contribution in [2.24, 2.45) is 12.5 Å². The van der Waals surface area contributed by atoms with Crippen molar-refractivity contribution in [3.8, 4) is 0 Å². The molecule has 2 N–H and O–H groups in total. The Kier molecular flexibility index (Phi) is 3.82. The van der Waals surface area contributed by atoms with Crippen LogP contribution in [0.4, 0.5) is 0 Å². The Hall–Kier alpha value is -1.41. The van der Waals surface area contributed by atoms with Gasteiger partial charge in [-0.1, -0.05) is 20.8 Å². The van der Waals surface area contributed by atoms with Crippen LogP contribution in [0, 0.1) is 5.41 Å². The summed E-state index contributed by atoms with van der Waals surface area (Å²) in [7, 11) is -2.30. The molecule has 1 atom stereocenters. The third-order valence-electron chi connectivity index (χ3n) is 2.34. The molecule has 7 nitrogen and oxygen atoms in total. The second-order valence-corrected chi connectivity index (χ2v) is 6.80. The summed E-state index contributed by atoms with van der Waals surface area (Å²) < 4.78 is 27.5. The van der Waals surface area contributed by atoms with Crippen LogP contribution in [-0.4, -0.2) is 35.1 Å². The van der Waals surface area contributed by atoms with Crippen molar-refractivity contribution in [1.82, 2.24) is 14.3 Å². The highest BCUT2D eigenvalue weighted by Crippen LogP contribution is 2.21. The molecular formula is C10H17N3O4S. The van der Waals surface area contributed by atoms with Gasteiger partial charge in [0.05, 0.1) is 6.33 Å². The van der Waals surface area contributed by atoms with Crippen LogP contribution < -0.4 is 4.72 Å². The predicted molar refractivity (Wildman–Crippen MR) is 64.4 cm³/mol. The van der Waals surface area contributed by atoms with Crippen LogP contribution in [0.3, 0.4) is 0 Å². The number of aromatic nitrogens is 2. The monoisotopic (exact) mass is 275 g/mol. The number of carboxylic acids is 1. The summed E-state index contributed by atoms with van der Waals surface area (Å²) in [6.45, 7) is 4.94. The summed E-state index contributed by atoms with van der Waals surface area (Å²) in [5, 5.41) is 8.88. The first kappa shape index (κ1) is 14.7. The Balaban J connectivity index is 3.05. The summed E-state index contributed by atoms with van der Waals surface area (Å²) >= 11 is 0. The lowest BCUT2D eigenvalue weighted by atomic mass is 9.88. The molecule has 0 aliphatic heterocycles. The fraction of sp³-hybridized carbons (Fsp3) is 0.600. The van der Waals surface area contributed by atoms with Gasteiger partial charge in [-0.05, 0) is 5.41 Å². The number of aliphatic carboxylic acids is 1. The van der Waals surface area contributed by atoms with Gasteiger partial charge in [0, 0.05) is 13.2 Å². The van der Waals surface area contributed by atoms with Gasteiger partial charge in [-0.3, -0.25) is 4.79 Å². The minimum absolute atomic E-state index is 0.194. The van der Waals surface area contributed by atoms with Crippen LogP contribution in [0.2, 0.25) is 0 Å². The summed E-state index contributed by atoms with van der Waals surface area (Å²) in [5.74, 6) is -1.22. The second kappa shape index (κ2) is 4.69. The highest BCUT2D eigenvalue weighted by Gasteiger charge is 2.35. The summed E-state index contributed by atoms with van der Waals surface area (Å²) in [6, 6.07) is -1.22. The molecule has 0 aromatic carbocycles. The molecule has 0 spiro atoms. The predicted octanol–water partition coefficient (Wildman–Crippen LogP) is 0.198. The Bertz CT molecular complexity index is 542. The van der Waals surface area contributed by atoms with Gasteiger partial charge in [0.2, 0.25) is 0 Å². The van der Waals surface area contributed by atoms with Crippen molar-refractivity contribution in [2.75, 3.05) is 0 Å². The van der Waals surface area contributed by atoms with E-state index in [1.165, 1.54) is 17.1 Å². The molecule has 18 heavy (non-hydrogen) atoms. The van der Waals surface area contributed by atoms with Crippen molar-refractivity contribution in [2.45, 2.75) is 31.8 Å². The molecule has 1 aromatic heterocycles. The molecule has 0 aliphatic rings. The molecule has 0 amide bonds. The van der Waals surface area contributed by atoms with Crippen molar-refractivity contribution >= 4 is 16.0 Å². The molecule has 0 fully saturated rings. The van der Waals surface area contributed by atoms with Crippen molar-refractivity contribution in [1.29, 1.82) is 0 Å². The molecule has 1 rings (SSSR count). The van der Waals surface area contributed by atoms with Crippen LogP contribution in [-0.2, 0) is 21.9 Å². The van der Waals surface area contributed by atoms with E-state index in [1.54, 1.807) is 27.8 Å². The average molecular weight is 275 g/mol. The highest BCUT2D eigenvalue weighted by atomic mass is 32.2. The van der Waals surface area contributed by atoms with Crippen LogP contribution in [0.15, 0.2) is 17.6 Å². The lowest BCUT2D eigenvalue weighted by Crippen LogP contribution is -2.49. The summed E-state index contributed by atoms with van der Waals surface area (Å²) in [5.41, 5.74) is -0.742. The number of hydrogen-bond donors (Lipinski definition) is 2. The van der Waals surface area contributed by atoms with E-state index in [1.807, 2.05) is 0 Å². The first-order chi connectivity index (χ1) is 8.04. The SMILES string of the molecule is Cn1cnc(S(=O)(=O)N[C@@H](C(=O)O)C(C)(C)C)c1. The molecular weight excluding hydrogens is 258 g/mol. The normalized spacial score (nSPS) is 14.4. The van der Waals surface area contributed by atoms with Crippen LogP contribution in [0.1, 0.15) is 20.8 Å². The molecule has 0 aliphatic carbocycles. The fourth-order valence-corrected chi connectivity index (χ4v) is 2.72. The van der Waals surface area contributed by atoms with E-state index in [4.69, 9.17) is 5.11 Å². The van der Waals surface area contributed by atoms with Crippen LogP contribution in [0.25, 0.3) is 0 Å². The van der Waals surface area contributed by atoms with Gasteiger partial charge in [0.25, 0.3) is 10.0 Å². The topological polar surface area (TPSA) is 101 Å². The first-order valence-corrected chi connectivity index (χ1v) is 6.75. The van der Waals surface area contributed by atoms with E-state index in [0.717, 1.165) is 0 Å². The van der Waals surface area contributed by atoms with E-state index in [2.05, 4.69) is 9.71 Å². The molecule has 0 radical (unpaired) electrons. The smallest absolute Gasteiger partial charge is 0.322 e. The molecule has 0 saturated carbocycles. The van der Waals surface area contributed by atoms with Gasteiger partial charge in [-0.25, -0.2) is 13.4 Å². The lowest BCUT2D eigenvalue weighted by Gasteiger charge is -2.27. The molecule has 102 valence electrons. The van der Waals surface area contributed by atoms with E-state index in [-0.39, 0.29) is 5.03 Å². The zero-order valence-corrected chi connectivity index (χ0v) is 11.5. The Labute approximate surface area is 106 Å². The van der Waals surface area contributed by atoms with Crippen LogP contribution >= 0.6 is 0 Å². The van der Waals surface area contributed by atoms with Gasteiger partial charge in [-0.15, -0.1) is 0 Å². The third-order valence-corrected chi connectivity index (χ3v) is 3.65. The lowest BCUT2D eigenvalue weighted by molar-refractivity contribution is -0.141. The van der Waals surface area contributed by atoms with Crippen molar-refractivity contribution in [3.63, 3.8) is 0 Å². The van der Waals surface area contributed by atoms with E-state index in [0.29, 0.717) is 0 Å². The number of hydrogen-bond acceptors (Lipinski definition) is 4. The van der Waals surface area contributed by atoms with Crippen LogP contribution in [0.5, 0.6) is 0 Å². The number of rotatable bonds is 4. The number of nitrogens with zero attached hydrogens (tertiary/aromatic N) is 2. The van der Waals surface area contributed by atoms with Gasteiger partial charge >= 0.3 is 5.97 Å². The number of aryl methyl sites for hydroxylation is 1. The molecule has 0 saturated heterocycles. The fourth-order valence-electron chi connectivity index (χ4n) is 1.34. The Morgan fingerprint density at radius 1 is 1.50 bits per heavy atom. The number of carbonyl (C=O) groups is 1. The second-order valence-electron chi connectivity index (χ2n) is 5.14. The van der Waals surface area contributed by atoms with Gasteiger partial charge in [0.1, 0.15) is 6.04 Å². The largest absolute Gasteiger partial charge is 0.480 e. The standard InChI is InChI=1S/C10H17N3O4S/c1-10(2,3)8(9(14)15)12-18(16,17)7-5-13(4)6-11-7/h5-6,8,12H,1-4H3,(H,14,15)/t8-/m0/s1. The zero-order valence-electron chi connectivity index (χ0n) is 10.7. The van der Waals surface area contributed by atoms with E-state index < -0.39 is 27.4 Å². The molecule has 1 heterocycles. The van der Waals surface area contributed by atoms with Gasteiger partial charge < -0.3 is 9.67 Å². The van der Waals surface area contributed by atoms with Crippen molar-refractivity contribution in [3.05, 3.63) is 12.5 Å². The van der Waals surface area contributed by atoms with E-state index >= 15 is 0 Å². The maximum absolute atomic E-state index is 12.0. The minimum Gasteiger partial charge on any atom is -0.480 e. The zero-order chi connectivity index (χ0) is 14.1. The Morgan fingerprint density at radius 3 is 2.39 bits per heavy atom. The molecule has 0 bridgehead atoms. The summed E-state index contributed by atoms with van der Waals surface area (Å²) in [6.07, 6.45) is 2.64. The maximum Gasteiger partial charge on any atom is 0.322 e. The third kappa shape index (κ3) is 3.30. The first-order valence-electron chi connectivity index (χ1n) is 5.27. The van der Waals surface area contributed by atoms with Gasteiger partial charge in [0.15, 0.2) is 5.03 Å². The maximum atomic E-state index is 12.0. The summed E-state index contributed by atoms with van der Waals surface area (Å²) in [4.78, 5) is 14.8. The minimum atomic E-state index is -3.93. The number of nitrogens with one attached hydrogen (secondary N) is 1. The molecule has 1 aromatic rings. The van der Waals surface area contributed by atoms with E-state index in [9.17, 15) is 13.2 Å². The van der Waals surface area contributed by atoms with Crippen molar-refractivity contribution < 1.29 is 18.3 Å². The number of sulfonamides is 1. The molecule has 8 heteroatoms. The Morgan fingerprint density at radius 2 is 2.06 bits per heavy atom. The highest BCUT2D eigenvalue weighted by molar-refractivity contribution is 7.89. The van der Waals surface area contributed by atoms with Gasteiger partial charge in [-0.2, -0.15) is 4.72 Å². The molecule has 0 unspecified atom stereocenters.